The highest BCUT2D eigenvalue weighted by molar-refractivity contribution is 5.72. The number of imidazole rings is 1. The summed E-state index contributed by atoms with van der Waals surface area (Å²) in [5.74, 6) is -1.93. The minimum absolute atomic E-state index is 0.0179. The fraction of sp³-hybridized carbons (Fsp3) is 0.529. The van der Waals surface area contributed by atoms with Crippen LogP contribution in [0.2, 0.25) is 0 Å². The third-order valence-corrected chi connectivity index (χ3v) is 4.46. The van der Waals surface area contributed by atoms with E-state index >= 15 is 0 Å². The van der Waals surface area contributed by atoms with Crippen LogP contribution >= 0.6 is 0 Å². The predicted molar refractivity (Wildman–Crippen MR) is 98.8 cm³/mol. The average molecular weight is 423 g/mol. The molecule has 0 unspecified atom stereocenters. The summed E-state index contributed by atoms with van der Waals surface area (Å²) in [4.78, 5) is 54.5. The van der Waals surface area contributed by atoms with Gasteiger partial charge in [-0.05, 0) is 0 Å². The highest BCUT2D eigenvalue weighted by Crippen LogP contribution is 2.35. The molecule has 2 aromatic heterocycles. The molecular formula is C17H21N5O8. The van der Waals surface area contributed by atoms with E-state index in [1.807, 2.05) is 0 Å². The average Bonchev–Trinajstić information content (AvgIpc) is 3.20. The number of hydrogen-bond donors (Lipinski definition) is 1. The molecule has 4 atom stereocenters. The van der Waals surface area contributed by atoms with Gasteiger partial charge < -0.3 is 24.7 Å². The molecule has 3 rings (SSSR count). The van der Waals surface area contributed by atoms with Gasteiger partial charge in [0.25, 0.3) is 0 Å². The lowest BCUT2D eigenvalue weighted by atomic mass is 10.1. The van der Waals surface area contributed by atoms with Crippen molar-refractivity contribution in [3.05, 3.63) is 16.7 Å². The molecule has 1 fully saturated rings. The van der Waals surface area contributed by atoms with Crippen molar-refractivity contribution in [2.75, 3.05) is 12.3 Å². The number of aromatic nitrogens is 4. The first-order valence-corrected chi connectivity index (χ1v) is 8.92. The van der Waals surface area contributed by atoms with E-state index in [-0.39, 0.29) is 23.7 Å². The van der Waals surface area contributed by atoms with Gasteiger partial charge in [0.15, 0.2) is 29.6 Å². The number of rotatable bonds is 5. The van der Waals surface area contributed by atoms with Gasteiger partial charge in [0.2, 0.25) is 5.95 Å². The van der Waals surface area contributed by atoms with Crippen LogP contribution in [0.25, 0.3) is 11.2 Å². The SMILES string of the molecule is CC(=O)OC[C@H]1O[C@@H](n2cnc3c(=O)nc(N)n(C)c32)[C@H](OC(C)=O)[C@@H]1OC(C)=O. The van der Waals surface area contributed by atoms with Gasteiger partial charge in [0.05, 0.1) is 6.33 Å². The first kappa shape index (κ1) is 21.2. The molecule has 0 bridgehead atoms. The Labute approximate surface area is 169 Å². The van der Waals surface area contributed by atoms with Crippen LogP contribution in [0.15, 0.2) is 11.1 Å². The van der Waals surface area contributed by atoms with Gasteiger partial charge in [0.1, 0.15) is 12.7 Å². The summed E-state index contributed by atoms with van der Waals surface area (Å²) in [6.07, 6.45) is -2.90. The number of ether oxygens (including phenoxy) is 4. The summed E-state index contributed by atoms with van der Waals surface area (Å²) < 4.78 is 24.5. The van der Waals surface area contributed by atoms with E-state index in [0.29, 0.717) is 0 Å². The van der Waals surface area contributed by atoms with Gasteiger partial charge in [-0.2, -0.15) is 4.98 Å². The maximum absolute atomic E-state index is 12.2. The molecule has 2 aromatic rings. The predicted octanol–water partition coefficient (Wildman–Crippen LogP) is -0.964. The topological polar surface area (TPSA) is 167 Å². The number of nitrogen functional groups attached to an aromatic ring is 1. The number of carbonyl (C=O) groups excluding carboxylic acids is 3. The molecule has 2 N–H and O–H groups in total. The maximum Gasteiger partial charge on any atom is 0.303 e. The minimum atomic E-state index is -1.12. The summed E-state index contributed by atoms with van der Waals surface area (Å²) >= 11 is 0. The number of nitrogens with zero attached hydrogens (tertiary/aromatic N) is 4. The molecule has 13 heteroatoms. The number of anilines is 1. The molecule has 13 nitrogen and oxygen atoms in total. The van der Waals surface area contributed by atoms with Crippen molar-refractivity contribution in [1.29, 1.82) is 0 Å². The highest BCUT2D eigenvalue weighted by Gasteiger charge is 2.51. The first-order chi connectivity index (χ1) is 14.1. The molecule has 1 saturated heterocycles. The highest BCUT2D eigenvalue weighted by atomic mass is 16.7. The third-order valence-electron chi connectivity index (χ3n) is 4.46. The smallest absolute Gasteiger partial charge is 0.303 e. The van der Waals surface area contributed by atoms with E-state index in [4.69, 9.17) is 24.7 Å². The third kappa shape index (κ3) is 3.96. The van der Waals surface area contributed by atoms with Crippen LogP contribution in [0.5, 0.6) is 0 Å². The summed E-state index contributed by atoms with van der Waals surface area (Å²) in [6, 6.07) is 0. The van der Waals surface area contributed by atoms with Gasteiger partial charge in [0, 0.05) is 27.8 Å². The molecular weight excluding hydrogens is 402 g/mol. The van der Waals surface area contributed by atoms with Crippen molar-refractivity contribution in [1.82, 2.24) is 19.1 Å². The van der Waals surface area contributed by atoms with E-state index in [2.05, 4.69) is 9.97 Å². The van der Waals surface area contributed by atoms with Crippen LogP contribution in [-0.4, -0.2) is 61.9 Å². The second-order valence-corrected chi connectivity index (χ2v) is 6.67. The zero-order valence-corrected chi connectivity index (χ0v) is 16.7. The summed E-state index contributed by atoms with van der Waals surface area (Å²) in [6.45, 7) is 3.33. The van der Waals surface area contributed by atoms with Crippen LogP contribution in [0.3, 0.4) is 0 Å². The molecule has 0 aliphatic carbocycles. The Bertz CT molecular complexity index is 1060. The zero-order valence-electron chi connectivity index (χ0n) is 16.7. The number of carbonyl (C=O) groups is 3. The minimum Gasteiger partial charge on any atom is -0.463 e. The lowest BCUT2D eigenvalue weighted by molar-refractivity contribution is -0.166. The van der Waals surface area contributed by atoms with Crippen molar-refractivity contribution in [3.8, 4) is 0 Å². The summed E-state index contributed by atoms with van der Waals surface area (Å²) in [5.41, 5.74) is 5.42. The Morgan fingerprint density at radius 1 is 1.13 bits per heavy atom. The van der Waals surface area contributed by atoms with Gasteiger partial charge >= 0.3 is 23.5 Å². The molecule has 0 amide bonds. The number of aryl methyl sites for hydroxylation is 1. The summed E-state index contributed by atoms with van der Waals surface area (Å²) in [7, 11) is 1.57. The molecule has 0 aromatic carbocycles. The van der Waals surface area contributed by atoms with Crippen molar-refractivity contribution in [3.63, 3.8) is 0 Å². The molecule has 162 valence electrons. The fourth-order valence-electron chi connectivity index (χ4n) is 3.28. The Morgan fingerprint density at radius 2 is 1.77 bits per heavy atom. The maximum atomic E-state index is 12.2. The van der Waals surface area contributed by atoms with Crippen molar-refractivity contribution in [2.45, 2.75) is 45.3 Å². The lowest BCUT2D eigenvalue weighted by Crippen LogP contribution is -2.40. The van der Waals surface area contributed by atoms with Gasteiger partial charge in [-0.1, -0.05) is 0 Å². The van der Waals surface area contributed by atoms with E-state index < -0.39 is 48.0 Å². The Morgan fingerprint density at radius 3 is 2.37 bits per heavy atom. The zero-order chi connectivity index (χ0) is 22.2. The van der Waals surface area contributed by atoms with E-state index in [1.165, 1.54) is 36.2 Å². The Hall–Kier alpha value is -3.48. The van der Waals surface area contributed by atoms with Crippen molar-refractivity contribution < 1.29 is 33.3 Å². The van der Waals surface area contributed by atoms with Gasteiger partial charge in [-0.3, -0.25) is 28.3 Å². The fourth-order valence-corrected chi connectivity index (χ4v) is 3.28. The van der Waals surface area contributed by atoms with Crippen LogP contribution in [0.1, 0.15) is 27.0 Å². The van der Waals surface area contributed by atoms with Gasteiger partial charge in [-0.15, -0.1) is 0 Å². The molecule has 0 radical (unpaired) electrons. The number of nitrogens with two attached hydrogens (primary N) is 1. The monoisotopic (exact) mass is 423 g/mol. The van der Waals surface area contributed by atoms with Crippen LogP contribution in [0.4, 0.5) is 5.95 Å². The molecule has 1 aliphatic heterocycles. The van der Waals surface area contributed by atoms with Crippen LogP contribution in [0, 0.1) is 0 Å². The Kier molecular flexibility index (Phi) is 5.73. The van der Waals surface area contributed by atoms with E-state index in [0.717, 1.165) is 0 Å². The molecule has 30 heavy (non-hydrogen) atoms. The molecule has 3 heterocycles. The quantitative estimate of drug-likeness (QED) is 0.464. The van der Waals surface area contributed by atoms with Crippen LogP contribution < -0.4 is 11.3 Å². The number of esters is 3. The van der Waals surface area contributed by atoms with Crippen LogP contribution in [-0.2, 0) is 40.4 Å². The van der Waals surface area contributed by atoms with E-state index in [9.17, 15) is 19.2 Å². The number of fused-ring (bicyclic) bond motifs is 1. The largest absolute Gasteiger partial charge is 0.463 e. The normalized spacial score (nSPS) is 23.3. The van der Waals surface area contributed by atoms with E-state index in [1.54, 1.807) is 7.05 Å². The second kappa shape index (κ2) is 8.10. The molecule has 0 saturated carbocycles. The van der Waals surface area contributed by atoms with Gasteiger partial charge in [-0.25, -0.2) is 4.98 Å². The second-order valence-electron chi connectivity index (χ2n) is 6.67. The standard InChI is InChI=1S/C17H21N5O8/c1-7(23)27-5-10-12(28-8(2)24)13(29-9(3)25)16(30-10)22-6-19-11-14(26)20-17(18)21(4)15(11)22/h6,10,12-13,16H,5H2,1-4H3,(H2,18,20,26)/t10-,12-,13-,16-/m1/s1. The van der Waals surface area contributed by atoms with Crippen molar-refractivity contribution >= 4 is 35.0 Å². The number of hydrogen-bond acceptors (Lipinski definition) is 11. The van der Waals surface area contributed by atoms with Crippen molar-refractivity contribution in [2.24, 2.45) is 7.05 Å². The molecule has 0 spiro atoms. The first-order valence-electron chi connectivity index (χ1n) is 8.92. The Balaban J connectivity index is 2.10. The lowest BCUT2D eigenvalue weighted by Gasteiger charge is -2.24. The molecule has 1 aliphatic rings. The summed E-state index contributed by atoms with van der Waals surface area (Å²) in [5, 5.41) is 0.